The van der Waals surface area contributed by atoms with Crippen molar-refractivity contribution in [2.45, 2.75) is 18.9 Å². The summed E-state index contributed by atoms with van der Waals surface area (Å²) in [6, 6.07) is 9.20. The Balaban J connectivity index is 2.62. The molecule has 2 N–H and O–H groups in total. The maximum Gasteiger partial charge on any atom is 0.0725 e. The fourth-order valence-corrected chi connectivity index (χ4v) is 1.45. The van der Waals surface area contributed by atoms with Gasteiger partial charge in [0.05, 0.1) is 18.6 Å². The second kappa shape index (κ2) is 5.64. The molecule has 0 unspecified atom stereocenters. The van der Waals surface area contributed by atoms with Crippen molar-refractivity contribution >= 4 is 21.6 Å². The van der Waals surface area contributed by atoms with Crippen molar-refractivity contribution < 1.29 is 5.11 Å². The number of hydrogen-bond donors (Lipinski definition) is 2. The summed E-state index contributed by atoms with van der Waals surface area (Å²) in [5.74, 6) is 0. The molecule has 0 heterocycles. The lowest BCUT2D eigenvalue weighted by atomic mass is 10.0. The first-order chi connectivity index (χ1) is 7.13. The van der Waals surface area contributed by atoms with E-state index < -0.39 is 6.10 Å². The quantitative estimate of drug-likeness (QED) is 0.823. The molecular formula is C11H11BrN2O. The molecule has 0 aliphatic heterocycles. The molecule has 15 heavy (non-hydrogen) atoms. The minimum Gasteiger partial charge on any atom is -0.392 e. The highest BCUT2D eigenvalue weighted by Gasteiger charge is 2.08. The van der Waals surface area contributed by atoms with Gasteiger partial charge in [-0.25, -0.2) is 0 Å². The Morgan fingerprint density at radius 1 is 1.47 bits per heavy atom. The summed E-state index contributed by atoms with van der Waals surface area (Å²) in [4.78, 5) is 0. The highest BCUT2D eigenvalue weighted by atomic mass is 79.9. The molecule has 0 saturated heterocycles. The molecule has 0 fully saturated rings. The molecule has 0 spiro atoms. The van der Waals surface area contributed by atoms with Crippen LogP contribution in [0.2, 0.25) is 0 Å². The number of hydrogen-bond acceptors (Lipinski definition) is 3. The number of halogens is 1. The van der Waals surface area contributed by atoms with Crippen LogP contribution in [0.15, 0.2) is 28.7 Å². The lowest BCUT2D eigenvalue weighted by Gasteiger charge is -2.07. The number of aliphatic hydroxyl groups excluding tert-OH is 1. The third kappa shape index (κ3) is 3.82. The Kier molecular flexibility index (Phi) is 4.47. The van der Waals surface area contributed by atoms with Crippen molar-refractivity contribution in [2.24, 2.45) is 0 Å². The van der Waals surface area contributed by atoms with Crippen LogP contribution >= 0.6 is 15.9 Å². The number of nitrogens with one attached hydrogen (secondary N) is 1. The van der Waals surface area contributed by atoms with Gasteiger partial charge >= 0.3 is 0 Å². The predicted octanol–water partition coefficient (Wildman–Crippen LogP) is 2.48. The average molecular weight is 267 g/mol. The minimum absolute atomic E-state index is 0.0684. The smallest absolute Gasteiger partial charge is 0.0725 e. The highest BCUT2D eigenvalue weighted by Crippen LogP contribution is 2.13. The van der Waals surface area contributed by atoms with Crippen LogP contribution in [-0.2, 0) is 0 Å². The lowest BCUT2D eigenvalue weighted by Crippen LogP contribution is -2.12. The third-order valence-corrected chi connectivity index (χ3v) is 2.49. The van der Waals surface area contributed by atoms with Gasteiger partial charge in [-0.2, -0.15) is 5.26 Å². The molecule has 1 atom stereocenters. The number of nitrogens with zero attached hydrogens (tertiary/aromatic N) is 1. The predicted molar refractivity (Wildman–Crippen MR) is 61.8 cm³/mol. The van der Waals surface area contributed by atoms with Gasteiger partial charge in [-0.05, 0) is 17.7 Å². The first-order valence-electron chi connectivity index (χ1n) is 4.52. The molecule has 0 amide bonds. The molecule has 78 valence electrons. The van der Waals surface area contributed by atoms with E-state index in [0.717, 1.165) is 10.0 Å². The van der Waals surface area contributed by atoms with Crippen molar-refractivity contribution in [3.63, 3.8) is 0 Å². The summed E-state index contributed by atoms with van der Waals surface area (Å²) in [7, 11) is 0. The molecule has 0 bridgehead atoms. The fraction of sp³-hybridized carbons (Fsp3) is 0.273. The van der Waals surface area contributed by atoms with E-state index in [1.54, 1.807) is 0 Å². The Morgan fingerprint density at radius 3 is 2.60 bits per heavy atom. The Labute approximate surface area is 97.0 Å². The molecule has 0 aliphatic rings. The van der Waals surface area contributed by atoms with Crippen LogP contribution in [-0.4, -0.2) is 16.9 Å². The van der Waals surface area contributed by atoms with Crippen molar-refractivity contribution in [3.8, 4) is 6.07 Å². The summed E-state index contributed by atoms with van der Waals surface area (Å²) in [6.07, 6.45) is -0.458. The number of nitriles is 1. The Hall–Kier alpha value is -1.18. The Bertz CT molecular complexity index is 381. The monoisotopic (exact) mass is 266 g/mol. The van der Waals surface area contributed by atoms with Gasteiger partial charge < -0.3 is 10.5 Å². The molecule has 0 aromatic heterocycles. The van der Waals surface area contributed by atoms with E-state index in [1.165, 1.54) is 0 Å². The summed E-state index contributed by atoms with van der Waals surface area (Å²) in [5, 5.41) is 25.5. The van der Waals surface area contributed by atoms with Crippen molar-refractivity contribution in [2.75, 3.05) is 0 Å². The largest absolute Gasteiger partial charge is 0.392 e. The van der Waals surface area contributed by atoms with E-state index in [1.807, 2.05) is 30.3 Å². The van der Waals surface area contributed by atoms with Crippen LogP contribution < -0.4 is 0 Å². The van der Waals surface area contributed by atoms with Crippen LogP contribution in [0.3, 0.4) is 0 Å². The van der Waals surface area contributed by atoms with Crippen LogP contribution in [0.5, 0.6) is 0 Å². The number of benzene rings is 1. The summed E-state index contributed by atoms with van der Waals surface area (Å²) in [6.45, 7) is 0. The summed E-state index contributed by atoms with van der Waals surface area (Å²) in [5.41, 5.74) is 1.13. The number of rotatable bonds is 4. The van der Waals surface area contributed by atoms with E-state index in [2.05, 4.69) is 15.9 Å². The zero-order chi connectivity index (χ0) is 11.3. The molecule has 0 radical (unpaired) electrons. The van der Waals surface area contributed by atoms with E-state index >= 15 is 0 Å². The van der Waals surface area contributed by atoms with E-state index in [-0.39, 0.29) is 12.8 Å². The van der Waals surface area contributed by atoms with Gasteiger partial charge in [0.1, 0.15) is 0 Å². The lowest BCUT2D eigenvalue weighted by molar-refractivity contribution is 0.188. The molecule has 4 heteroatoms. The SMILES string of the molecule is N#CC[C@H](O)CC(=N)c1ccc(Br)cc1. The Morgan fingerprint density at radius 2 is 2.07 bits per heavy atom. The highest BCUT2D eigenvalue weighted by molar-refractivity contribution is 9.10. The van der Waals surface area contributed by atoms with Crippen LogP contribution in [0, 0.1) is 16.7 Å². The summed E-state index contributed by atoms with van der Waals surface area (Å²) >= 11 is 3.31. The molecule has 1 aromatic rings. The summed E-state index contributed by atoms with van der Waals surface area (Å²) < 4.78 is 0.955. The fourth-order valence-electron chi connectivity index (χ4n) is 1.18. The van der Waals surface area contributed by atoms with E-state index in [0.29, 0.717) is 5.71 Å². The van der Waals surface area contributed by atoms with Gasteiger partial charge in [-0.15, -0.1) is 0 Å². The molecule has 1 rings (SSSR count). The maximum absolute atomic E-state index is 9.36. The van der Waals surface area contributed by atoms with Crippen LogP contribution in [0.4, 0.5) is 0 Å². The second-order valence-electron chi connectivity index (χ2n) is 3.21. The van der Waals surface area contributed by atoms with Gasteiger partial charge in [0.2, 0.25) is 0 Å². The first kappa shape index (κ1) is 11.9. The van der Waals surface area contributed by atoms with E-state index in [9.17, 15) is 5.11 Å². The third-order valence-electron chi connectivity index (χ3n) is 1.96. The zero-order valence-electron chi connectivity index (χ0n) is 8.07. The maximum atomic E-state index is 9.36. The molecule has 3 nitrogen and oxygen atoms in total. The normalized spacial score (nSPS) is 11.8. The standard InChI is InChI=1S/C11H11BrN2O/c12-9-3-1-8(2-4-9)11(14)7-10(15)5-6-13/h1-4,10,14-15H,5,7H2/t10-/m0/s1. The molecular weight excluding hydrogens is 256 g/mol. The number of aliphatic hydroxyl groups is 1. The van der Waals surface area contributed by atoms with Gasteiger partial charge in [0, 0.05) is 16.6 Å². The van der Waals surface area contributed by atoms with Crippen molar-refractivity contribution in [3.05, 3.63) is 34.3 Å². The minimum atomic E-state index is -0.744. The van der Waals surface area contributed by atoms with Gasteiger partial charge in [0.25, 0.3) is 0 Å². The van der Waals surface area contributed by atoms with E-state index in [4.69, 9.17) is 10.7 Å². The topological polar surface area (TPSA) is 67.9 Å². The zero-order valence-corrected chi connectivity index (χ0v) is 9.66. The molecule has 1 aromatic carbocycles. The van der Waals surface area contributed by atoms with Gasteiger partial charge in [-0.3, -0.25) is 0 Å². The van der Waals surface area contributed by atoms with Crippen molar-refractivity contribution in [1.29, 1.82) is 10.7 Å². The second-order valence-corrected chi connectivity index (χ2v) is 4.12. The van der Waals surface area contributed by atoms with Crippen LogP contribution in [0.25, 0.3) is 0 Å². The van der Waals surface area contributed by atoms with Gasteiger partial charge in [-0.1, -0.05) is 28.1 Å². The van der Waals surface area contributed by atoms with Crippen LogP contribution in [0.1, 0.15) is 18.4 Å². The molecule has 0 aliphatic carbocycles. The average Bonchev–Trinajstić information content (AvgIpc) is 2.18. The van der Waals surface area contributed by atoms with Gasteiger partial charge in [0.15, 0.2) is 0 Å². The van der Waals surface area contributed by atoms with Crippen molar-refractivity contribution in [1.82, 2.24) is 0 Å². The first-order valence-corrected chi connectivity index (χ1v) is 5.31. The molecule has 0 saturated carbocycles.